The van der Waals surface area contributed by atoms with Crippen molar-refractivity contribution in [3.8, 4) is 0 Å². The van der Waals surface area contributed by atoms with E-state index in [4.69, 9.17) is 0 Å². The van der Waals surface area contributed by atoms with Crippen LogP contribution in [0.4, 0.5) is 13.2 Å². The molecule has 1 fully saturated rings. The normalized spacial score (nSPS) is 17.7. The summed E-state index contributed by atoms with van der Waals surface area (Å²) in [5.74, 6) is -0.179. The summed E-state index contributed by atoms with van der Waals surface area (Å²) in [5, 5.41) is 6.28. The molecule has 1 rings (SSSR count). The third kappa shape index (κ3) is 6.97. The van der Waals surface area contributed by atoms with E-state index in [1.54, 1.807) is 0 Å². The summed E-state index contributed by atoms with van der Waals surface area (Å²) in [6, 6.07) is 0. The van der Waals surface area contributed by atoms with Gasteiger partial charge in [0.25, 0.3) is 0 Å². The van der Waals surface area contributed by atoms with Gasteiger partial charge in [-0.1, -0.05) is 19.8 Å². The number of guanidine groups is 1. The Kier molecular flexibility index (Phi) is 7.83. The molecule has 0 aromatic heterocycles. The highest BCUT2D eigenvalue weighted by Crippen LogP contribution is 2.40. The van der Waals surface area contributed by atoms with Crippen molar-refractivity contribution in [2.24, 2.45) is 10.4 Å². The van der Waals surface area contributed by atoms with E-state index in [1.807, 2.05) is 6.92 Å². The van der Waals surface area contributed by atoms with Crippen LogP contribution in [0.3, 0.4) is 0 Å². The quantitative estimate of drug-likeness (QED) is 0.548. The van der Waals surface area contributed by atoms with Crippen molar-refractivity contribution in [1.82, 2.24) is 15.5 Å². The van der Waals surface area contributed by atoms with Crippen LogP contribution in [-0.2, 0) is 4.79 Å². The van der Waals surface area contributed by atoms with E-state index in [-0.39, 0.29) is 12.0 Å². The molecule has 1 aliphatic carbocycles. The molecule has 1 amide bonds. The van der Waals surface area contributed by atoms with Gasteiger partial charge in [0, 0.05) is 20.1 Å². The fourth-order valence-electron chi connectivity index (χ4n) is 3.02. The number of aliphatic imine (C=N–C) groups is 1. The molecular formula is C16H29F3N4O. The third-order valence-corrected chi connectivity index (χ3v) is 4.60. The van der Waals surface area contributed by atoms with E-state index < -0.39 is 18.6 Å². The van der Waals surface area contributed by atoms with Gasteiger partial charge in [0.1, 0.15) is 13.1 Å². The van der Waals surface area contributed by atoms with Crippen LogP contribution in [0.15, 0.2) is 4.99 Å². The van der Waals surface area contributed by atoms with E-state index >= 15 is 0 Å². The summed E-state index contributed by atoms with van der Waals surface area (Å²) in [5.41, 5.74) is 0.257. The number of nitrogens with zero attached hydrogens (tertiary/aromatic N) is 2. The fraction of sp³-hybridized carbons (Fsp3) is 0.875. The summed E-state index contributed by atoms with van der Waals surface area (Å²) >= 11 is 0. The topological polar surface area (TPSA) is 56.7 Å². The van der Waals surface area contributed by atoms with Gasteiger partial charge in [-0.25, -0.2) is 4.99 Å². The molecule has 1 aliphatic rings. The fourth-order valence-corrected chi connectivity index (χ4v) is 3.02. The van der Waals surface area contributed by atoms with Crippen molar-refractivity contribution in [1.29, 1.82) is 0 Å². The summed E-state index contributed by atoms with van der Waals surface area (Å²) < 4.78 is 36.9. The smallest absolute Gasteiger partial charge is 0.357 e. The summed E-state index contributed by atoms with van der Waals surface area (Å²) in [4.78, 5) is 16.5. The number of carbonyl (C=O) groups is 1. The highest BCUT2D eigenvalue weighted by atomic mass is 19.4. The minimum Gasteiger partial charge on any atom is -0.357 e. The van der Waals surface area contributed by atoms with Crippen LogP contribution in [0.5, 0.6) is 0 Å². The van der Waals surface area contributed by atoms with Crippen LogP contribution in [0.2, 0.25) is 0 Å². The van der Waals surface area contributed by atoms with Crippen LogP contribution in [0, 0.1) is 5.41 Å². The Morgan fingerprint density at radius 1 is 1.21 bits per heavy atom. The first-order valence-electron chi connectivity index (χ1n) is 8.54. The Morgan fingerprint density at radius 3 is 2.33 bits per heavy atom. The van der Waals surface area contributed by atoms with E-state index in [0.717, 1.165) is 20.0 Å². The molecule has 0 aromatic rings. The molecule has 0 spiro atoms. The van der Waals surface area contributed by atoms with Crippen LogP contribution in [0.1, 0.15) is 46.0 Å². The van der Waals surface area contributed by atoms with E-state index in [9.17, 15) is 18.0 Å². The average Bonchev–Trinajstić information content (AvgIpc) is 2.97. The molecule has 8 heteroatoms. The SMILES string of the molecule is CCNC(=NCC(=O)N(C)CC(F)(F)F)NCC1(CC)CCCC1. The lowest BCUT2D eigenvalue weighted by Crippen LogP contribution is -2.44. The molecule has 2 N–H and O–H groups in total. The second-order valence-electron chi connectivity index (χ2n) is 6.47. The van der Waals surface area contributed by atoms with Gasteiger partial charge in [0.15, 0.2) is 5.96 Å². The van der Waals surface area contributed by atoms with E-state index in [2.05, 4.69) is 22.5 Å². The number of nitrogens with one attached hydrogen (secondary N) is 2. The van der Waals surface area contributed by atoms with Crippen LogP contribution < -0.4 is 10.6 Å². The summed E-state index contributed by atoms with van der Waals surface area (Å²) in [7, 11) is 1.14. The number of hydrogen-bond acceptors (Lipinski definition) is 2. The Labute approximate surface area is 142 Å². The standard InChI is InChI=1S/C16H29F3N4O/c1-4-15(8-6-7-9-15)11-22-14(20-5-2)21-10-13(24)23(3)12-16(17,18)19/h4-12H2,1-3H3,(H2,20,21,22). The molecule has 0 heterocycles. The first kappa shape index (κ1) is 20.6. The first-order valence-corrected chi connectivity index (χ1v) is 8.54. The number of halogens is 3. The minimum atomic E-state index is -4.40. The lowest BCUT2D eigenvalue weighted by molar-refractivity contribution is -0.157. The van der Waals surface area contributed by atoms with Crippen LogP contribution >= 0.6 is 0 Å². The van der Waals surface area contributed by atoms with Gasteiger partial charge in [-0.15, -0.1) is 0 Å². The molecule has 0 bridgehead atoms. The molecule has 1 saturated carbocycles. The zero-order valence-electron chi connectivity index (χ0n) is 14.8. The Morgan fingerprint density at radius 2 is 1.83 bits per heavy atom. The van der Waals surface area contributed by atoms with Gasteiger partial charge in [-0.05, 0) is 31.6 Å². The first-order chi connectivity index (χ1) is 11.2. The Bertz CT molecular complexity index is 432. The molecule has 24 heavy (non-hydrogen) atoms. The molecule has 0 aliphatic heterocycles. The number of amides is 1. The number of likely N-dealkylation sites (N-methyl/N-ethyl adjacent to an activating group) is 1. The number of hydrogen-bond donors (Lipinski definition) is 2. The maximum atomic E-state index is 12.3. The highest BCUT2D eigenvalue weighted by molar-refractivity contribution is 5.84. The zero-order valence-corrected chi connectivity index (χ0v) is 14.8. The predicted molar refractivity (Wildman–Crippen MR) is 88.9 cm³/mol. The average molecular weight is 350 g/mol. The number of carbonyl (C=O) groups excluding carboxylic acids is 1. The molecule has 5 nitrogen and oxygen atoms in total. The predicted octanol–water partition coefficient (Wildman–Crippen LogP) is 2.53. The van der Waals surface area contributed by atoms with Gasteiger partial charge < -0.3 is 15.5 Å². The molecule has 0 saturated heterocycles. The van der Waals surface area contributed by atoms with Gasteiger partial charge in [0.05, 0.1) is 0 Å². The number of rotatable bonds is 7. The molecule has 0 unspecified atom stereocenters. The monoisotopic (exact) mass is 350 g/mol. The van der Waals surface area contributed by atoms with Crippen LogP contribution in [0.25, 0.3) is 0 Å². The largest absolute Gasteiger partial charge is 0.406 e. The van der Waals surface area contributed by atoms with Gasteiger partial charge in [0.2, 0.25) is 5.91 Å². The second-order valence-corrected chi connectivity index (χ2v) is 6.47. The minimum absolute atomic E-state index is 0.257. The lowest BCUT2D eigenvalue weighted by atomic mass is 9.83. The maximum Gasteiger partial charge on any atom is 0.406 e. The zero-order chi connectivity index (χ0) is 18.2. The second kappa shape index (κ2) is 9.13. The number of alkyl halides is 3. The summed E-state index contributed by atoms with van der Waals surface area (Å²) in [6.45, 7) is 3.90. The van der Waals surface area contributed by atoms with Crippen molar-refractivity contribution < 1.29 is 18.0 Å². The molecule has 0 aromatic carbocycles. The Balaban J connectivity index is 2.57. The van der Waals surface area contributed by atoms with Crippen molar-refractivity contribution in [3.63, 3.8) is 0 Å². The lowest BCUT2D eigenvalue weighted by Gasteiger charge is -2.28. The molecule has 140 valence electrons. The van der Waals surface area contributed by atoms with Crippen molar-refractivity contribution in [2.45, 2.75) is 52.1 Å². The van der Waals surface area contributed by atoms with Gasteiger partial charge in [-0.2, -0.15) is 13.2 Å². The molecular weight excluding hydrogens is 321 g/mol. The van der Waals surface area contributed by atoms with Crippen LogP contribution in [-0.4, -0.2) is 56.2 Å². The highest BCUT2D eigenvalue weighted by Gasteiger charge is 2.32. The van der Waals surface area contributed by atoms with Gasteiger partial charge in [-0.3, -0.25) is 4.79 Å². The summed E-state index contributed by atoms with van der Waals surface area (Å²) in [6.07, 6.45) is 1.47. The van der Waals surface area contributed by atoms with Crippen molar-refractivity contribution >= 4 is 11.9 Å². The van der Waals surface area contributed by atoms with Crippen molar-refractivity contribution in [3.05, 3.63) is 0 Å². The Hall–Kier alpha value is -1.47. The third-order valence-electron chi connectivity index (χ3n) is 4.60. The van der Waals surface area contributed by atoms with E-state index in [0.29, 0.717) is 17.4 Å². The molecule has 0 atom stereocenters. The van der Waals surface area contributed by atoms with E-state index in [1.165, 1.54) is 25.7 Å². The van der Waals surface area contributed by atoms with Crippen molar-refractivity contribution in [2.75, 3.05) is 33.2 Å². The molecule has 0 radical (unpaired) electrons. The van der Waals surface area contributed by atoms with Gasteiger partial charge >= 0.3 is 6.18 Å². The maximum absolute atomic E-state index is 12.3.